The lowest BCUT2D eigenvalue weighted by Gasteiger charge is -2.37. The van der Waals surface area contributed by atoms with Crippen molar-refractivity contribution in [3.05, 3.63) is 29.3 Å². The van der Waals surface area contributed by atoms with E-state index in [0.29, 0.717) is 24.4 Å². The molecule has 0 saturated carbocycles. The van der Waals surface area contributed by atoms with E-state index < -0.39 is 6.09 Å². The molecule has 1 aliphatic rings. The Morgan fingerprint density at radius 1 is 1.53 bits per heavy atom. The van der Waals surface area contributed by atoms with Gasteiger partial charge in [0.15, 0.2) is 0 Å². The zero-order valence-corrected chi connectivity index (χ0v) is 9.42. The summed E-state index contributed by atoms with van der Waals surface area (Å²) in [7, 11) is 0. The highest BCUT2D eigenvalue weighted by molar-refractivity contribution is 5.75. The molecule has 0 unspecified atom stereocenters. The first-order valence-corrected chi connectivity index (χ1v) is 5.30. The van der Waals surface area contributed by atoms with Gasteiger partial charge in [-0.05, 0) is 30.7 Å². The highest BCUT2D eigenvalue weighted by atomic mass is 16.5. The van der Waals surface area contributed by atoms with Gasteiger partial charge in [-0.25, -0.2) is 4.79 Å². The van der Waals surface area contributed by atoms with Crippen LogP contribution in [0.3, 0.4) is 0 Å². The van der Waals surface area contributed by atoms with Gasteiger partial charge in [0, 0.05) is 5.56 Å². The van der Waals surface area contributed by atoms with Gasteiger partial charge < -0.3 is 14.7 Å². The van der Waals surface area contributed by atoms with E-state index in [-0.39, 0.29) is 6.10 Å². The standard InChI is InChI=1S/C12H13NO4/c1-8-4-9(7-14)2-3-11(8)17-10-5-13(6-10)12(15)16/h2-4,7,10H,5-6H2,1H3,(H,15,16). The van der Waals surface area contributed by atoms with E-state index in [1.54, 1.807) is 18.2 Å². The fourth-order valence-corrected chi connectivity index (χ4v) is 1.73. The van der Waals surface area contributed by atoms with Gasteiger partial charge in [-0.3, -0.25) is 4.79 Å². The Morgan fingerprint density at radius 2 is 2.24 bits per heavy atom. The molecule has 17 heavy (non-hydrogen) atoms. The van der Waals surface area contributed by atoms with Gasteiger partial charge in [-0.1, -0.05) is 0 Å². The summed E-state index contributed by atoms with van der Waals surface area (Å²) in [6.45, 7) is 2.64. The van der Waals surface area contributed by atoms with Crippen LogP contribution in [0.4, 0.5) is 4.79 Å². The number of amides is 1. The van der Waals surface area contributed by atoms with Gasteiger partial charge in [0.05, 0.1) is 13.1 Å². The third-order valence-corrected chi connectivity index (χ3v) is 2.75. The summed E-state index contributed by atoms with van der Waals surface area (Å²) in [5.74, 6) is 0.700. The second-order valence-corrected chi connectivity index (χ2v) is 4.07. The van der Waals surface area contributed by atoms with Gasteiger partial charge in [0.25, 0.3) is 0 Å². The van der Waals surface area contributed by atoms with E-state index in [1.807, 2.05) is 6.92 Å². The van der Waals surface area contributed by atoms with E-state index in [1.165, 1.54) is 4.90 Å². The minimum atomic E-state index is -0.919. The number of hydrogen-bond donors (Lipinski definition) is 1. The van der Waals surface area contributed by atoms with E-state index in [4.69, 9.17) is 9.84 Å². The van der Waals surface area contributed by atoms with Crippen molar-refractivity contribution in [1.82, 2.24) is 4.90 Å². The average Bonchev–Trinajstić information content (AvgIpc) is 2.23. The van der Waals surface area contributed by atoms with Crippen LogP contribution in [0.25, 0.3) is 0 Å². The van der Waals surface area contributed by atoms with Crippen LogP contribution in [0, 0.1) is 6.92 Å². The summed E-state index contributed by atoms with van der Waals surface area (Å²) >= 11 is 0. The van der Waals surface area contributed by atoms with Crippen molar-refractivity contribution in [2.24, 2.45) is 0 Å². The van der Waals surface area contributed by atoms with Crippen molar-refractivity contribution >= 4 is 12.4 Å². The van der Waals surface area contributed by atoms with Gasteiger partial charge in [0.2, 0.25) is 0 Å². The second-order valence-electron chi connectivity index (χ2n) is 4.07. The van der Waals surface area contributed by atoms with Crippen LogP contribution < -0.4 is 4.74 Å². The largest absolute Gasteiger partial charge is 0.486 e. The summed E-state index contributed by atoms with van der Waals surface area (Å²) in [4.78, 5) is 22.4. The van der Waals surface area contributed by atoms with Crippen LogP contribution >= 0.6 is 0 Å². The molecule has 0 aliphatic carbocycles. The van der Waals surface area contributed by atoms with Crippen molar-refractivity contribution in [2.45, 2.75) is 13.0 Å². The summed E-state index contributed by atoms with van der Waals surface area (Å²) in [5, 5.41) is 8.67. The molecule has 0 radical (unpaired) electrons. The second kappa shape index (κ2) is 4.45. The number of carbonyl (C=O) groups excluding carboxylic acids is 1. The summed E-state index contributed by atoms with van der Waals surface area (Å²) in [6.07, 6.45) is -0.225. The zero-order valence-electron chi connectivity index (χ0n) is 9.42. The molecule has 2 rings (SSSR count). The number of benzene rings is 1. The summed E-state index contributed by atoms with van der Waals surface area (Å²) < 4.78 is 5.64. The maximum absolute atomic E-state index is 10.6. The smallest absolute Gasteiger partial charge is 0.407 e. The van der Waals surface area contributed by atoms with Crippen molar-refractivity contribution in [3.8, 4) is 5.75 Å². The molecule has 1 heterocycles. The molecule has 1 saturated heterocycles. The Balaban J connectivity index is 1.96. The summed E-state index contributed by atoms with van der Waals surface area (Å²) in [5.41, 5.74) is 1.49. The Kier molecular flexibility index (Phi) is 2.99. The Labute approximate surface area is 98.6 Å². The molecule has 1 aromatic rings. The van der Waals surface area contributed by atoms with Crippen LogP contribution in [0.5, 0.6) is 5.75 Å². The Hall–Kier alpha value is -2.04. The van der Waals surface area contributed by atoms with Crippen LogP contribution in [-0.2, 0) is 0 Å². The van der Waals surface area contributed by atoms with E-state index in [0.717, 1.165) is 11.8 Å². The molecule has 0 atom stereocenters. The number of aryl methyl sites for hydroxylation is 1. The van der Waals surface area contributed by atoms with Crippen LogP contribution in [0.15, 0.2) is 18.2 Å². The molecular formula is C12H13NO4. The topological polar surface area (TPSA) is 66.8 Å². The van der Waals surface area contributed by atoms with Gasteiger partial charge in [-0.2, -0.15) is 0 Å². The monoisotopic (exact) mass is 235 g/mol. The van der Waals surface area contributed by atoms with Gasteiger partial charge in [0.1, 0.15) is 18.1 Å². The molecule has 5 nitrogen and oxygen atoms in total. The van der Waals surface area contributed by atoms with E-state index >= 15 is 0 Å². The molecule has 0 bridgehead atoms. The molecule has 5 heteroatoms. The third-order valence-electron chi connectivity index (χ3n) is 2.75. The van der Waals surface area contributed by atoms with Crippen molar-refractivity contribution in [2.75, 3.05) is 13.1 Å². The van der Waals surface area contributed by atoms with Crippen molar-refractivity contribution in [1.29, 1.82) is 0 Å². The van der Waals surface area contributed by atoms with Crippen LogP contribution in [0.1, 0.15) is 15.9 Å². The molecular weight excluding hydrogens is 222 g/mol. The predicted octanol–water partition coefficient (Wildman–Crippen LogP) is 1.55. The Morgan fingerprint density at radius 3 is 2.76 bits per heavy atom. The Bertz CT molecular complexity index is 452. The molecule has 1 aliphatic heterocycles. The number of likely N-dealkylation sites (tertiary alicyclic amines) is 1. The van der Waals surface area contributed by atoms with Crippen LogP contribution in [0.2, 0.25) is 0 Å². The summed E-state index contributed by atoms with van der Waals surface area (Å²) in [6, 6.07) is 5.17. The van der Waals surface area contributed by atoms with Gasteiger partial charge >= 0.3 is 6.09 Å². The normalized spacial score (nSPS) is 15.2. The molecule has 1 fully saturated rings. The lowest BCUT2D eigenvalue weighted by Crippen LogP contribution is -2.55. The quantitative estimate of drug-likeness (QED) is 0.807. The molecule has 0 aromatic heterocycles. The zero-order chi connectivity index (χ0) is 12.4. The molecule has 1 amide bonds. The minimum Gasteiger partial charge on any atom is -0.486 e. The fourth-order valence-electron chi connectivity index (χ4n) is 1.73. The number of rotatable bonds is 3. The number of hydrogen-bond acceptors (Lipinski definition) is 3. The minimum absolute atomic E-state index is 0.0909. The lowest BCUT2D eigenvalue weighted by molar-refractivity contribution is 0.0249. The van der Waals surface area contributed by atoms with Crippen molar-refractivity contribution < 1.29 is 19.4 Å². The number of carbonyl (C=O) groups is 2. The van der Waals surface area contributed by atoms with Gasteiger partial charge in [-0.15, -0.1) is 0 Å². The molecule has 1 aromatic carbocycles. The maximum atomic E-state index is 10.6. The van der Waals surface area contributed by atoms with E-state index in [2.05, 4.69) is 0 Å². The lowest BCUT2D eigenvalue weighted by atomic mass is 10.1. The molecule has 0 spiro atoms. The van der Waals surface area contributed by atoms with Crippen molar-refractivity contribution in [3.63, 3.8) is 0 Å². The fraction of sp³-hybridized carbons (Fsp3) is 0.333. The molecule has 1 N–H and O–H groups in total. The predicted molar refractivity (Wildman–Crippen MR) is 60.6 cm³/mol. The first-order valence-electron chi connectivity index (χ1n) is 5.30. The highest BCUT2D eigenvalue weighted by Gasteiger charge is 2.32. The van der Waals surface area contributed by atoms with Crippen LogP contribution in [-0.4, -0.2) is 41.6 Å². The maximum Gasteiger partial charge on any atom is 0.407 e. The highest BCUT2D eigenvalue weighted by Crippen LogP contribution is 2.22. The number of aldehydes is 1. The number of nitrogens with zero attached hydrogens (tertiary/aromatic N) is 1. The first-order chi connectivity index (χ1) is 8.10. The third kappa shape index (κ3) is 2.38. The SMILES string of the molecule is Cc1cc(C=O)ccc1OC1CN(C(=O)O)C1. The number of ether oxygens (including phenoxy) is 1. The number of carboxylic acid groups (broad SMARTS) is 1. The van der Waals surface area contributed by atoms with E-state index in [9.17, 15) is 9.59 Å². The first kappa shape index (κ1) is 11.4. The average molecular weight is 235 g/mol. The molecule has 90 valence electrons.